The van der Waals surface area contributed by atoms with Gasteiger partial charge in [-0.1, -0.05) is 172 Å². The third-order valence-electron chi connectivity index (χ3n) is 13.2. The number of rotatable bonds is 14. The van der Waals surface area contributed by atoms with Crippen LogP contribution in [0.4, 0.5) is 24.5 Å². The Morgan fingerprint density at radius 3 is 1.83 bits per heavy atom. The zero-order valence-electron chi connectivity index (χ0n) is 36.7. The molecule has 2 aliphatic rings. The number of para-hydroxylation sites is 1. The van der Waals surface area contributed by atoms with E-state index in [2.05, 4.69) is 199 Å². The molecule has 7 aromatic rings. The monoisotopic (exact) mass is 851 g/mol. The maximum atomic E-state index is 13.5. The minimum absolute atomic E-state index is 0.218. The summed E-state index contributed by atoms with van der Waals surface area (Å²) in [6, 6.07) is 60.6. The summed E-state index contributed by atoms with van der Waals surface area (Å²) in [4.78, 5) is 2.60. The summed E-state index contributed by atoms with van der Waals surface area (Å²) in [6.45, 7) is 5.46. The molecule has 0 saturated heterocycles. The molecule has 0 amide bonds. The number of nitrogens with zero attached hydrogens (tertiary/aromatic N) is 2. The Bertz CT molecular complexity index is 2800. The molecule has 322 valence electrons. The van der Waals surface area contributed by atoms with Crippen molar-refractivity contribution in [3.63, 3.8) is 0 Å². The SMILES string of the molecule is CC(C)CCN1/C(=C/C=C/C2=[N+](C)c3ccccc3C2(Cc2ccccc2)Cc2cccc(OC(F)(F)F)c2)C(Cc2ccccc2)(Cc2ccccc2)c2c1ccc1ccccc21. The highest BCUT2D eigenvalue weighted by Crippen LogP contribution is 2.55. The lowest BCUT2D eigenvalue weighted by Crippen LogP contribution is -2.39. The molecule has 9 rings (SSSR count). The minimum Gasteiger partial charge on any atom is -0.406 e. The van der Waals surface area contributed by atoms with E-state index < -0.39 is 17.2 Å². The van der Waals surface area contributed by atoms with E-state index in [1.165, 1.54) is 44.9 Å². The first-order valence-corrected chi connectivity index (χ1v) is 22.4. The van der Waals surface area contributed by atoms with Gasteiger partial charge in [0.25, 0.3) is 0 Å². The second kappa shape index (κ2) is 17.8. The highest BCUT2D eigenvalue weighted by molar-refractivity contribution is 6.04. The van der Waals surface area contributed by atoms with Crippen LogP contribution >= 0.6 is 0 Å². The number of hydrogen-bond acceptors (Lipinski definition) is 2. The summed E-state index contributed by atoms with van der Waals surface area (Å²) >= 11 is 0. The Morgan fingerprint density at radius 1 is 0.625 bits per heavy atom. The average Bonchev–Trinajstić information content (AvgIpc) is 3.67. The first-order valence-electron chi connectivity index (χ1n) is 22.4. The number of allylic oxidation sites excluding steroid dienone is 4. The molecule has 1 unspecified atom stereocenters. The number of halogens is 3. The molecule has 64 heavy (non-hydrogen) atoms. The van der Waals surface area contributed by atoms with Crippen LogP contribution in [0.15, 0.2) is 200 Å². The van der Waals surface area contributed by atoms with Gasteiger partial charge in [-0.05, 0) is 101 Å². The largest absolute Gasteiger partial charge is 0.573 e. The molecule has 0 aromatic heterocycles. The van der Waals surface area contributed by atoms with Crippen LogP contribution in [0, 0.1) is 5.92 Å². The quantitative estimate of drug-likeness (QED) is 0.101. The van der Waals surface area contributed by atoms with Crippen LogP contribution in [0.2, 0.25) is 0 Å². The number of hydrogen-bond donors (Lipinski definition) is 0. The van der Waals surface area contributed by atoms with Gasteiger partial charge >= 0.3 is 6.36 Å². The number of alkyl halides is 3. The van der Waals surface area contributed by atoms with Gasteiger partial charge in [-0.2, -0.15) is 4.58 Å². The van der Waals surface area contributed by atoms with Gasteiger partial charge in [-0.25, -0.2) is 0 Å². The van der Waals surface area contributed by atoms with Crippen LogP contribution in [-0.2, 0) is 36.5 Å². The van der Waals surface area contributed by atoms with E-state index in [4.69, 9.17) is 0 Å². The molecule has 0 fully saturated rings. The van der Waals surface area contributed by atoms with E-state index in [1.54, 1.807) is 12.1 Å². The summed E-state index contributed by atoms with van der Waals surface area (Å²) in [7, 11) is 2.11. The van der Waals surface area contributed by atoms with Crippen LogP contribution < -0.4 is 9.64 Å². The second-order valence-corrected chi connectivity index (χ2v) is 17.9. The Balaban J connectivity index is 1.25. The molecule has 2 aliphatic heterocycles. The molecule has 7 aromatic carbocycles. The fourth-order valence-corrected chi connectivity index (χ4v) is 10.5. The first kappa shape index (κ1) is 42.6. The summed E-state index contributed by atoms with van der Waals surface area (Å²) in [5.74, 6) is 0.281. The van der Waals surface area contributed by atoms with Gasteiger partial charge in [0.15, 0.2) is 5.71 Å². The van der Waals surface area contributed by atoms with Crippen LogP contribution in [0.5, 0.6) is 5.75 Å². The lowest BCUT2D eigenvalue weighted by atomic mass is 9.68. The molecule has 0 saturated carbocycles. The van der Waals surface area contributed by atoms with E-state index in [9.17, 15) is 13.2 Å². The highest BCUT2D eigenvalue weighted by Gasteiger charge is 2.51. The predicted molar refractivity (Wildman–Crippen MR) is 256 cm³/mol. The molecule has 6 heteroatoms. The van der Waals surface area contributed by atoms with Crippen LogP contribution in [-0.4, -0.2) is 30.2 Å². The van der Waals surface area contributed by atoms with Gasteiger partial charge in [0.05, 0.1) is 5.41 Å². The zero-order valence-corrected chi connectivity index (χ0v) is 36.7. The maximum absolute atomic E-state index is 13.5. The van der Waals surface area contributed by atoms with Crippen molar-refractivity contribution in [3.8, 4) is 5.75 Å². The average molecular weight is 852 g/mol. The van der Waals surface area contributed by atoms with Gasteiger partial charge in [0.1, 0.15) is 12.8 Å². The minimum atomic E-state index is -4.79. The lowest BCUT2D eigenvalue weighted by Gasteiger charge is -2.35. The Hall–Kier alpha value is -6.66. The molecular weight excluding hydrogens is 798 g/mol. The van der Waals surface area contributed by atoms with Crippen LogP contribution in [0.1, 0.15) is 53.6 Å². The number of fused-ring (bicyclic) bond motifs is 4. The molecule has 1 atom stereocenters. The van der Waals surface area contributed by atoms with Crippen molar-refractivity contribution in [1.82, 2.24) is 0 Å². The van der Waals surface area contributed by atoms with E-state index >= 15 is 0 Å². The highest BCUT2D eigenvalue weighted by atomic mass is 19.4. The van der Waals surface area contributed by atoms with Gasteiger partial charge < -0.3 is 9.64 Å². The van der Waals surface area contributed by atoms with E-state index in [0.717, 1.165) is 53.9 Å². The standard InChI is InChI=1S/C58H54F3N2O/c1-42(2)35-36-63-52-34-33-47-26-13-14-28-49(47)55(52)57(39-44-21-9-5-10-22-44,40-45-23-11-6-12-24-45)54(63)32-18-31-53-56(38-43-19-7-4-8-20-43,50-29-15-16-30-51(50)62(53)3)41-46-25-17-27-48(37-46)64-58(59,60)61/h4-34,37,42H,35-36,38-41H2,1-3H3/q+1. The fourth-order valence-electron chi connectivity index (χ4n) is 10.5. The Morgan fingerprint density at radius 2 is 1.19 bits per heavy atom. The van der Waals surface area contributed by atoms with Crippen LogP contribution in [0.3, 0.4) is 0 Å². The van der Waals surface area contributed by atoms with Crippen molar-refractivity contribution < 1.29 is 22.5 Å². The van der Waals surface area contributed by atoms with Gasteiger partial charge in [-0.3, -0.25) is 0 Å². The summed E-state index contributed by atoms with van der Waals surface area (Å²) < 4.78 is 47.4. The molecule has 2 heterocycles. The third kappa shape index (κ3) is 8.54. The molecule has 0 N–H and O–H groups in total. The predicted octanol–water partition coefficient (Wildman–Crippen LogP) is 13.9. The van der Waals surface area contributed by atoms with Gasteiger partial charge in [-0.15, -0.1) is 13.2 Å². The zero-order chi connectivity index (χ0) is 44.3. The molecule has 0 aliphatic carbocycles. The maximum Gasteiger partial charge on any atom is 0.573 e. The molecule has 0 bridgehead atoms. The van der Waals surface area contributed by atoms with E-state index in [0.29, 0.717) is 18.8 Å². The van der Waals surface area contributed by atoms with Crippen molar-refractivity contribution in [1.29, 1.82) is 0 Å². The van der Waals surface area contributed by atoms with Crippen molar-refractivity contribution >= 4 is 27.9 Å². The normalized spacial score (nSPS) is 17.5. The van der Waals surface area contributed by atoms with Crippen molar-refractivity contribution in [3.05, 3.63) is 233 Å². The molecule has 0 spiro atoms. The number of anilines is 1. The van der Waals surface area contributed by atoms with Gasteiger partial charge in [0.2, 0.25) is 5.69 Å². The molecule has 0 radical (unpaired) electrons. The number of benzene rings is 7. The first-order chi connectivity index (χ1) is 31.0. The summed E-state index contributed by atoms with van der Waals surface area (Å²) in [5.41, 5.74) is 10.5. The second-order valence-electron chi connectivity index (χ2n) is 17.9. The number of ether oxygens (including phenoxy) is 1. The molecule has 3 nitrogen and oxygen atoms in total. The lowest BCUT2D eigenvalue weighted by molar-refractivity contribution is -0.401. The van der Waals surface area contributed by atoms with Crippen LogP contribution in [0.25, 0.3) is 10.8 Å². The third-order valence-corrected chi connectivity index (χ3v) is 13.2. The molecular formula is C58H54F3N2O+. The van der Waals surface area contributed by atoms with E-state index in [1.807, 2.05) is 12.1 Å². The Labute approximate surface area is 375 Å². The van der Waals surface area contributed by atoms with Gasteiger partial charge in [0, 0.05) is 41.1 Å². The smallest absolute Gasteiger partial charge is 0.406 e. The van der Waals surface area contributed by atoms with Crippen molar-refractivity contribution in [2.24, 2.45) is 5.92 Å². The summed E-state index contributed by atoms with van der Waals surface area (Å²) in [5, 5.41) is 2.50. The van der Waals surface area contributed by atoms with Crippen molar-refractivity contribution in [2.75, 3.05) is 18.5 Å². The Kier molecular flexibility index (Phi) is 11.9. The van der Waals surface area contributed by atoms with E-state index in [-0.39, 0.29) is 5.75 Å². The summed E-state index contributed by atoms with van der Waals surface area (Å²) in [6.07, 6.45) is 5.82. The van der Waals surface area contributed by atoms with Crippen molar-refractivity contribution in [2.45, 2.75) is 63.1 Å². The topological polar surface area (TPSA) is 15.5 Å². The fraction of sp³-hybridized carbons (Fsp3) is 0.224.